The molecular weight excluding hydrogens is 288 g/mol. The fourth-order valence-electron chi connectivity index (χ4n) is 2.53. The summed E-state index contributed by atoms with van der Waals surface area (Å²) in [5.41, 5.74) is 7.44. The van der Waals surface area contributed by atoms with Crippen molar-refractivity contribution in [3.05, 3.63) is 65.7 Å². The van der Waals surface area contributed by atoms with E-state index in [9.17, 15) is 4.79 Å². The van der Waals surface area contributed by atoms with Crippen LogP contribution in [0, 0.1) is 0 Å². The number of primary amides is 1. The van der Waals surface area contributed by atoms with E-state index in [0.717, 1.165) is 16.9 Å². The van der Waals surface area contributed by atoms with Crippen LogP contribution < -0.4 is 15.8 Å². The van der Waals surface area contributed by atoms with E-state index >= 15 is 0 Å². The zero-order valence-electron chi connectivity index (χ0n) is 13.8. The number of benzene rings is 2. The lowest BCUT2D eigenvalue weighted by Crippen LogP contribution is -2.35. The SMILES string of the molecule is CC(C)Oc1ccccc1[C@@H](C)N[C@@H](C(N)=O)c1ccccc1. The molecule has 0 fully saturated rings. The second-order valence-electron chi connectivity index (χ2n) is 5.84. The Balaban J connectivity index is 2.23. The second-order valence-corrected chi connectivity index (χ2v) is 5.84. The van der Waals surface area contributed by atoms with E-state index in [2.05, 4.69) is 5.32 Å². The average Bonchev–Trinajstić information content (AvgIpc) is 2.53. The summed E-state index contributed by atoms with van der Waals surface area (Å²) in [6, 6.07) is 16.7. The summed E-state index contributed by atoms with van der Waals surface area (Å²) in [4.78, 5) is 11.9. The lowest BCUT2D eigenvalue weighted by molar-refractivity contribution is -0.120. The molecule has 122 valence electrons. The van der Waals surface area contributed by atoms with E-state index in [1.165, 1.54) is 0 Å². The number of ether oxygens (including phenoxy) is 1. The van der Waals surface area contributed by atoms with Crippen molar-refractivity contribution in [3.63, 3.8) is 0 Å². The molecular formula is C19H24N2O2. The first-order chi connectivity index (χ1) is 11.0. The molecule has 0 aliphatic heterocycles. The van der Waals surface area contributed by atoms with E-state index < -0.39 is 11.9 Å². The molecule has 4 nitrogen and oxygen atoms in total. The van der Waals surface area contributed by atoms with Gasteiger partial charge in [-0.15, -0.1) is 0 Å². The fraction of sp³-hybridized carbons (Fsp3) is 0.316. The van der Waals surface area contributed by atoms with Crippen LogP contribution in [-0.4, -0.2) is 12.0 Å². The Morgan fingerprint density at radius 1 is 1.00 bits per heavy atom. The number of para-hydroxylation sites is 1. The molecule has 0 aliphatic rings. The molecule has 0 saturated carbocycles. The minimum atomic E-state index is -0.543. The Kier molecular flexibility index (Phi) is 5.77. The topological polar surface area (TPSA) is 64.3 Å². The number of hydrogen-bond acceptors (Lipinski definition) is 3. The van der Waals surface area contributed by atoms with Gasteiger partial charge in [0.1, 0.15) is 11.8 Å². The molecule has 0 bridgehead atoms. The van der Waals surface area contributed by atoms with E-state index in [1.54, 1.807) is 0 Å². The minimum Gasteiger partial charge on any atom is -0.491 e. The summed E-state index contributed by atoms with van der Waals surface area (Å²) in [5.74, 6) is 0.420. The maximum absolute atomic E-state index is 11.9. The van der Waals surface area contributed by atoms with Crippen LogP contribution in [0.15, 0.2) is 54.6 Å². The number of carbonyl (C=O) groups is 1. The number of hydrogen-bond donors (Lipinski definition) is 2. The third kappa shape index (κ3) is 4.57. The van der Waals surface area contributed by atoms with Crippen LogP contribution in [0.2, 0.25) is 0 Å². The van der Waals surface area contributed by atoms with Crippen LogP contribution in [0.1, 0.15) is 44.0 Å². The van der Waals surface area contributed by atoms with Crippen LogP contribution >= 0.6 is 0 Å². The molecule has 4 heteroatoms. The Bertz CT molecular complexity index is 641. The van der Waals surface area contributed by atoms with Gasteiger partial charge in [0.15, 0.2) is 0 Å². The van der Waals surface area contributed by atoms with E-state index in [0.29, 0.717) is 0 Å². The Hall–Kier alpha value is -2.33. The van der Waals surface area contributed by atoms with Crippen molar-refractivity contribution in [1.82, 2.24) is 5.32 Å². The third-order valence-corrected chi connectivity index (χ3v) is 3.58. The molecule has 0 radical (unpaired) electrons. The van der Waals surface area contributed by atoms with Crippen molar-refractivity contribution in [2.75, 3.05) is 0 Å². The van der Waals surface area contributed by atoms with Gasteiger partial charge in [-0.3, -0.25) is 10.1 Å². The van der Waals surface area contributed by atoms with Crippen molar-refractivity contribution in [2.24, 2.45) is 5.73 Å². The van der Waals surface area contributed by atoms with Gasteiger partial charge in [0.05, 0.1) is 6.10 Å². The highest BCUT2D eigenvalue weighted by Crippen LogP contribution is 2.28. The van der Waals surface area contributed by atoms with Crippen LogP contribution in [-0.2, 0) is 4.79 Å². The molecule has 2 aromatic carbocycles. The molecule has 3 N–H and O–H groups in total. The summed E-state index contributed by atoms with van der Waals surface area (Å²) in [5, 5.41) is 3.31. The molecule has 0 heterocycles. The maximum Gasteiger partial charge on any atom is 0.239 e. The van der Waals surface area contributed by atoms with Gasteiger partial charge in [-0.1, -0.05) is 48.5 Å². The molecule has 0 spiro atoms. The van der Waals surface area contributed by atoms with Gasteiger partial charge in [0.2, 0.25) is 5.91 Å². The molecule has 23 heavy (non-hydrogen) atoms. The second kappa shape index (κ2) is 7.79. The quantitative estimate of drug-likeness (QED) is 0.824. The zero-order chi connectivity index (χ0) is 16.8. The number of rotatable bonds is 7. The van der Waals surface area contributed by atoms with Gasteiger partial charge in [0, 0.05) is 11.6 Å². The smallest absolute Gasteiger partial charge is 0.239 e. The normalized spacial score (nSPS) is 13.6. The first-order valence-corrected chi connectivity index (χ1v) is 7.85. The van der Waals surface area contributed by atoms with Crippen LogP contribution in [0.4, 0.5) is 0 Å². The molecule has 0 aromatic heterocycles. The first kappa shape index (κ1) is 17.0. The van der Waals surface area contributed by atoms with Gasteiger partial charge in [-0.05, 0) is 32.4 Å². The summed E-state index contributed by atoms with van der Waals surface area (Å²) in [6.07, 6.45) is 0.0874. The number of nitrogens with two attached hydrogens (primary N) is 1. The highest BCUT2D eigenvalue weighted by atomic mass is 16.5. The van der Waals surface area contributed by atoms with Crippen molar-refractivity contribution in [3.8, 4) is 5.75 Å². The summed E-state index contributed by atoms with van der Waals surface area (Å²) < 4.78 is 5.86. The molecule has 0 unspecified atom stereocenters. The molecule has 0 saturated heterocycles. The van der Waals surface area contributed by atoms with Gasteiger partial charge in [0.25, 0.3) is 0 Å². The Labute approximate surface area is 137 Å². The predicted octanol–water partition coefficient (Wildman–Crippen LogP) is 3.35. The van der Waals surface area contributed by atoms with Crippen LogP contribution in [0.3, 0.4) is 0 Å². The van der Waals surface area contributed by atoms with Crippen LogP contribution in [0.25, 0.3) is 0 Å². The number of carbonyl (C=O) groups excluding carboxylic acids is 1. The highest BCUT2D eigenvalue weighted by Gasteiger charge is 2.22. The minimum absolute atomic E-state index is 0.0809. The number of amides is 1. The molecule has 1 amide bonds. The molecule has 2 atom stereocenters. The van der Waals surface area contributed by atoms with E-state index in [1.807, 2.05) is 75.4 Å². The standard InChI is InChI=1S/C19H24N2O2/c1-13(2)23-17-12-8-7-11-16(17)14(3)21-18(19(20)22)15-9-5-4-6-10-15/h4-14,18,21H,1-3H3,(H2,20,22)/t14-,18-/m1/s1. The summed E-state index contributed by atoms with van der Waals surface area (Å²) >= 11 is 0. The van der Waals surface area contributed by atoms with E-state index in [-0.39, 0.29) is 12.1 Å². The number of nitrogens with one attached hydrogen (secondary N) is 1. The summed E-state index contributed by atoms with van der Waals surface area (Å²) in [7, 11) is 0. The first-order valence-electron chi connectivity index (χ1n) is 7.85. The van der Waals surface area contributed by atoms with Crippen LogP contribution in [0.5, 0.6) is 5.75 Å². The Morgan fingerprint density at radius 3 is 2.22 bits per heavy atom. The lowest BCUT2D eigenvalue weighted by Gasteiger charge is -2.24. The van der Waals surface area contributed by atoms with Crippen molar-refractivity contribution < 1.29 is 9.53 Å². The lowest BCUT2D eigenvalue weighted by atomic mass is 10.0. The van der Waals surface area contributed by atoms with Gasteiger partial charge in [-0.25, -0.2) is 0 Å². The highest BCUT2D eigenvalue weighted by molar-refractivity contribution is 5.81. The van der Waals surface area contributed by atoms with Gasteiger partial charge < -0.3 is 10.5 Å². The summed E-state index contributed by atoms with van der Waals surface area (Å²) in [6.45, 7) is 5.98. The van der Waals surface area contributed by atoms with Gasteiger partial charge >= 0.3 is 0 Å². The average molecular weight is 312 g/mol. The Morgan fingerprint density at radius 2 is 1.61 bits per heavy atom. The monoisotopic (exact) mass is 312 g/mol. The van der Waals surface area contributed by atoms with Crippen molar-refractivity contribution in [2.45, 2.75) is 39.0 Å². The maximum atomic E-state index is 11.9. The van der Waals surface area contributed by atoms with E-state index in [4.69, 9.17) is 10.5 Å². The zero-order valence-corrected chi connectivity index (χ0v) is 13.8. The molecule has 2 rings (SSSR count). The van der Waals surface area contributed by atoms with Crippen molar-refractivity contribution in [1.29, 1.82) is 0 Å². The molecule has 2 aromatic rings. The fourth-order valence-corrected chi connectivity index (χ4v) is 2.53. The van der Waals surface area contributed by atoms with Crippen molar-refractivity contribution >= 4 is 5.91 Å². The molecule has 0 aliphatic carbocycles. The predicted molar refractivity (Wildman–Crippen MR) is 92.1 cm³/mol. The van der Waals surface area contributed by atoms with Gasteiger partial charge in [-0.2, -0.15) is 0 Å². The third-order valence-electron chi connectivity index (χ3n) is 3.58. The largest absolute Gasteiger partial charge is 0.491 e.